The molecule has 1 aliphatic heterocycles. The minimum atomic E-state index is -0.394. The average Bonchev–Trinajstić information content (AvgIpc) is 3.19. The van der Waals surface area contributed by atoms with E-state index in [-0.39, 0.29) is 17.6 Å². The SMILES string of the molecule is CCC(C(=O)Nc1cc(C)on1)N1CCCc2c(NC(=O)c3ccc(F)cc3)cccc21. The Kier molecular flexibility index (Phi) is 6.20. The van der Waals surface area contributed by atoms with Crippen molar-refractivity contribution in [3.63, 3.8) is 0 Å². The van der Waals surface area contributed by atoms with Gasteiger partial charge in [0.1, 0.15) is 17.6 Å². The number of aryl methyl sites for hydroxylation is 1. The lowest BCUT2D eigenvalue weighted by Crippen LogP contribution is -2.46. The average molecular weight is 436 g/mol. The second-order valence-electron chi connectivity index (χ2n) is 7.80. The molecule has 32 heavy (non-hydrogen) atoms. The summed E-state index contributed by atoms with van der Waals surface area (Å²) in [4.78, 5) is 27.7. The van der Waals surface area contributed by atoms with Gasteiger partial charge in [-0.05, 0) is 68.1 Å². The minimum Gasteiger partial charge on any atom is -0.360 e. The molecule has 4 rings (SSSR count). The molecule has 1 unspecified atom stereocenters. The van der Waals surface area contributed by atoms with Gasteiger partial charge in [-0.15, -0.1) is 0 Å². The second-order valence-corrected chi connectivity index (χ2v) is 7.80. The van der Waals surface area contributed by atoms with Crippen molar-refractivity contribution in [1.82, 2.24) is 5.16 Å². The molecule has 166 valence electrons. The maximum Gasteiger partial charge on any atom is 0.255 e. The number of nitrogens with zero attached hydrogens (tertiary/aromatic N) is 2. The number of nitrogens with one attached hydrogen (secondary N) is 2. The van der Waals surface area contributed by atoms with Gasteiger partial charge in [0.25, 0.3) is 5.91 Å². The van der Waals surface area contributed by atoms with Crippen LogP contribution in [0, 0.1) is 12.7 Å². The number of hydrogen-bond donors (Lipinski definition) is 2. The molecule has 0 fully saturated rings. The van der Waals surface area contributed by atoms with E-state index in [2.05, 4.69) is 20.7 Å². The summed E-state index contributed by atoms with van der Waals surface area (Å²) < 4.78 is 18.2. The Morgan fingerprint density at radius 2 is 1.97 bits per heavy atom. The van der Waals surface area contributed by atoms with E-state index in [9.17, 15) is 14.0 Å². The molecule has 2 heterocycles. The van der Waals surface area contributed by atoms with Crippen molar-refractivity contribution in [2.45, 2.75) is 39.2 Å². The third-order valence-electron chi connectivity index (χ3n) is 5.59. The number of carbonyl (C=O) groups excluding carboxylic acids is 2. The highest BCUT2D eigenvalue weighted by Gasteiger charge is 2.30. The Hall–Kier alpha value is -3.68. The fourth-order valence-electron chi connectivity index (χ4n) is 4.07. The highest BCUT2D eigenvalue weighted by molar-refractivity contribution is 6.05. The first-order valence-electron chi connectivity index (χ1n) is 10.7. The molecule has 0 bridgehead atoms. The molecule has 0 saturated carbocycles. The standard InChI is InChI=1S/C24H25FN4O3/c1-3-20(24(31)27-22-14-15(2)32-28-22)29-13-5-6-18-19(7-4-8-21(18)29)26-23(30)16-9-11-17(25)12-10-16/h4,7-12,14,20H,3,5-6,13H2,1-2H3,(H,26,30)(H,27,28,31). The fraction of sp³-hybridized carbons (Fsp3) is 0.292. The maximum atomic E-state index is 13.2. The van der Waals surface area contributed by atoms with Crippen molar-refractivity contribution < 1.29 is 18.5 Å². The van der Waals surface area contributed by atoms with Gasteiger partial charge >= 0.3 is 0 Å². The van der Waals surface area contributed by atoms with Crippen LogP contribution in [0.25, 0.3) is 0 Å². The van der Waals surface area contributed by atoms with Crippen LogP contribution in [0.3, 0.4) is 0 Å². The number of rotatable bonds is 6. The molecule has 2 aromatic carbocycles. The predicted octanol–water partition coefficient (Wildman–Crippen LogP) is 4.54. The van der Waals surface area contributed by atoms with Gasteiger partial charge in [0.15, 0.2) is 5.82 Å². The Morgan fingerprint density at radius 3 is 2.66 bits per heavy atom. The first-order valence-corrected chi connectivity index (χ1v) is 10.7. The summed E-state index contributed by atoms with van der Waals surface area (Å²) >= 11 is 0. The molecule has 3 aromatic rings. The van der Waals surface area contributed by atoms with Crippen LogP contribution >= 0.6 is 0 Å². The van der Waals surface area contributed by atoms with Gasteiger partial charge in [0.05, 0.1) is 0 Å². The van der Waals surface area contributed by atoms with Crippen LogP contribution in [0.1, 0.15) is 41.4 Å². The maximum absolute atomic E-state index is 13.2. The van der Waals surface area contributed by atoms with Crippen LogP contribution in [-0.2, 0) is 11.2 Å². The van der Waals surface area contributed by atoms with Gasteiger partial charge < -0.3 is 20.1 Å². The van der Waals surface area contributed by atoms with Crippen molar-refractivity contribution in [2.75, 3.05) is 22.1 Å². The Labute approximate surface area is 185 Å². The van der Waals surface area contributed by atoms with E-state index in [0.29, 0.717) is 29.2 Å². The van der Waals surface area contributed by atoms with Crippen molar-refractivity contribution in [2.24, 2.45) is 0 Å². The van der Waals surface area contributed by atoms with E-state index in [1.165, 1.54) is 24.3 Å². The Bertz CT molecular complexity index is 1130. The van der Waals surface area contributed by atoms with Crippen molar-refractivity contribution in [3.8, 4) is 0 Å². The molecule has 1 aliphatic rings. The zero-order valence-electron chi connectivity index (χ0n) is 18.0. The van der Waals surface area contributed by atoms with Gasteiger partial charge in [-0.25, -0.2) is 4.39 Å². The van der Waals surface area contributed by atoms with Crippen LogP contribution in [-0.4, -0.2) is 29.6 Å². The molecule has 0 saturated heterocycles. The summed E-state index contributed by atoms with van der Waals surface area (Å²) in [6.45, 7) is 4.46. The van der Waals surface area contributed by atoms with E-state index < -0.39 is 6.04 Å². The summed E-state index contributed by atoms with van der Waals surface area (Å²) in [5, 5.41) is 9.62. The zero-order valence-corrected chi connectivity index (χ0v) is 18.0. The smallest absolute Gasteiger partial charge is 0.255 e. The number of fused-ring (bicyclic) bond motifs is 1. The summed E-state index contributed by atoms with van der Waals surface area (Å²) in [5.74, 6) is 0.164. The molecule has 0 aliphatic carbocycles. The first-order chi connectivity index (χ1) is 15.5. The zero-order chi connectivity index (χ0) is 22.7. The second kappa shape index (κ2) is 9.21. The van der Waals surface area contributed by atoms with Gasteiger partial charge in [-0.2, -0.15) is 0 Å². The number of aromatic nitrogens is 1. The van der Waals surface area contributed by atoms with Gasteiger partial charge in [0, 0.05) is 29.5 Å². The highest BCUT2D eigenvalue weighted by atomic mass is 19.1. The molecule has 1 atom stereocenters. The van der Waals surface area contributed by atoms with E-state index in [1.807, 2.05) is 25.1 Å². The molecular weight excluding hydrogens is 411 g/mol. The van der Waals surface area contributed by atoms with Crippen LogP contribution in [0.2, 0.25) is 0 Å². The number of benzene rings is 2. The molecule has 8 heteroatoms. The van der Waals surface area contributed by atoms with Gasteiger partial charge in [-0.3, -0.25) is 9.59 Å². The number of amides is 2. The third kappa shape index (κ3) is 4.49. The van der Waals surface area contributed by atoms with Crippen LogP contribution in [0.5, 0.6) is 0 Å². The van der Waals surface area contributed by atoms with Crippen LogP contribution in [0.4, 0.5) is 21.6 Å². The number of hydrogen-bond acceptors (Lipinski definition) is 5. The lowest BCUT2D eigenvalue weighted by atomic mass is 9.97. The molecular formula is C24H25FN4O3. The first kappa shape index (κ1) is 21.5. The van der Waals surface area contributed by atoms with Crippen LogP contribution in [0.15, 0.2) is 53.1 Å². The van der Waals surface area contributed by atoms with E-state index in [0.717, 1.165) is 30.6 Å². The normalized spacial score (nSPS) is 13.9. The molecule has 0 spiro atoms. The fourth-order valence-corrected chi connectivity index (χ4v) is 4.07. The molecule has 2 N–H and O–H groups in total. The summed E-state index contributed by atoms with van der Waals surface area (Å²) in [6.07, 6.45) is 2.24. The van der Waals surface area contributed by atoms with Crippen molar-refractivity contribution in [1.29, 1.82) is 0 Å². The van der Waals surface area contributed by atoms with Crippen molar-refractivity contribution in [3.05, 3.63) is 71.2 Å². The van der Waals surface area contributed by atoms with Crippen LogP contribution < -0.4 is 15.5 Å². The quantitative estimate of drug-likeness (QED) is 0.592. The monoisotopic (exact) mass is 436 g/mol. The van der Waals surface area contributed by atoms with E-state index in [1.54, 1.807) is 13.0 Å². The topological polar surface area (TPSA) is 87.5 Å². The number of halogens is 1. The Balaban J connectivity index is 1.57. The third-order valence-corrected chi connectivity index (χ3v) is 5.59. The minimum absolute atomic E-state index is 0.158. The molecule has 2 amide bonds. The predicted molar refractivity (Wildman–Crippen MR) is 120 cm³/mol. The number of carbonyl (C=O) groups is 2. The lowest BCUT2D eigenvalue weighted by molar-refractivity contribution is -0.117. The van der Waals surface area contributed by atoms with E-state index in [4.69, 9.17) is 4.52 Å². The lowest BCUT2D eigenvalue weighted by Gasteiger charge is -2.37. The van der Waals surface area contributed by atoms with Gasteiger partial charge in [-0.1, -0.05) is 18.1 Å². The summed E-state index contributed by atoms with van der Waals surface area (Å²) in [7, 11) is 0. The molecule has 0 radical (unpaired) electrons. The number of anilines is 3. The molecule has 1 aromatic heterocycles. The Morgan fingerprint density at radius 1 is 1.19 bits per heavy atom. The summed E-state index contributed by atoms with van der Waals surface area (Å²) in [5.41, 5.74) is 2.98. The van der Waals surface area contributed by atoms with Gasteiger partial charge in [0.2, 0.25) is 5.91 Å². The molecule has 7 nitrogen and oxygen atoms in total. The summed E-state index contributed by atoms with van der Waals surface area (Å²) in [6, 6.07) is 12.4. The van der Waals surface area contributed by atoms with Crippen molar-refractivity contribution >= 4 is 29.0 Å². The highest BCUT2D eigenvalue weighted by Crippen LogP contribution is 2.35. The van der Waals surface area contributed by atoms with E-state index >= 15 is 0 Å². The largest absolute Gasteiger partial charge is 0.360 e.